The van der Waals surface area contributed by atoms with E-state index in [1.54, 1.807) is 6.92 Å². The lowest BCUT2D eigenvalue weighted by atomic mass is 9.63. The summed E-state index contributed by atoms with van der Waals surface area (Å²) in [6, 6.07) is 6.25. The second-order valence-electron chi connectivity index (χ2n) is 7.13. The number of hydrogen-bond acceptors (Lipinski definition) is 1. The van der Waals surface area contributed by atoms with Gasteiger partial charge in [0.15, 0.2) is 0 Å². The van der Waals surface area contributed by atoms with Crippen molar-refractivity contribution in [3.63, 3.8) is 0 Å². The highest BCUT2D eigenvalue weighted by molar-refractivity contribution is 5.75. The zero-order valence-electron chi connectivity index (χ0n) is 12.6. The smallest absolute Gasteiger partial charge is 0.310 e. The molecule has 0 unspecified atom stereocenters. The van der Waals surface area contributed by atoms with E-state index in [-0.39, 0.29) is 10.8 Å². The number of rotatable bonds is 2. The molecule has 0 aliphatic heterocycles. The van der Waals surface area contributed by atoms with Crippen LogP contribution in [-0.2, 0) is 15.6 Å². The van der Waals surface area contributed by atoms with Crippen molar-refractivity contribution in [2.45, 2.75) is 64.2 Å². The fourth-order valence-corrected chi connectivity index (χ4v) is 3.02. The van der Waals surface area contributed by atoms with Gasteiger partial charge in [-0.15, -0.1) is 0 Å². The second kappa shape index (κ2) is 4.36. The number of benzene rings is 1. The molecule has 0 spiro atoms. The van der Waals surface area contributed by atoms with Crippen molar-refractivity contribution in [2.75, 3.05) is 0 Å². The maximum absolute atomic E-state index is 11.2. The summed E-state index contributed by atoms with van der Waals surface area (Å²) in [6.07, 6.45) is 2.33. The molecule has 0 radical (unpaired) electrons. The van der Waals surface area contributed by atoms with Crippen LogP contribution in [0.5, 0.6) is 0 Å². The van der Waals surface area contributed by atoms with Crippen LogP contribution >= 0.6 is 0 Å². The zero-order valence-corrected chi connectivity index (χ0v) is 12.6. The van der Waals surface area contributed by atoms with Crippen molar-refractivity contribution in [3.05, 3.63) is 34.9 Å². The number of fused-ring (bicyclic) bond motifs is 1. The van der Waals surface area contributed by atoms with Gasteiger partial charge in [0, 0.05) is 0 Å². The van der Waals surface area contributed by atoms with Gasteiger partial charge in [0.2, 0.25) is 0 Å². The van der Waals surface area contributed by atoms with Gasteiger partial charge >= 0.3 is 5.97 Å². The summed E-state index contributed by atoms with van der Waals surface area (Å²) < 4.78 is 0. The van der Waals surface area contributed by atoms with Crippen molar-refractivity contribution >= 4 is 5.97 Å². The molecule has 0 amide bonds. The Kier molecular flexibility index (Phi) is 3.24. The molecule has 1 atom stereocenters. The van der Waals surface area contributed by atoms with Crippen LogP contribution in [-0.4, -0.2) is 11.1 Å². The summed E-state index contributed by atoms with van der Waals surface area (Å²) in [5, 5.41) is 9.17. The van der Waals surface area contributed by atoms with Crippen LogP contribution in [0.2, 0.25) is 0 Å². The van der Waals surface area contributed by atoms with Crippen molar-refractivity contribution < 1.29 is 9.90 Å². The Hall–Kier alpha value is -1.31. The number of carbonyl (C=O) groups is 1. The van der Waals surface area contributed by atoms with Crippen LogP contribution < -0.4 is 0 Å². The molecule has 0 fully saturated rings. The molecule has 2 heteroatoms. The third-order valence-electron chi connectivity index (χ3n) is 4.75. The first kappa shape index (κ1) is 14.1. The molecule has 104 valence electrons. The number of carboxylic acid groups (broad SMARTS) is 1. The molecule has 1 aliphatic rings. The topological polar surface area (TPSA) is 37.3 Å². The lowest BCUT2D eigenvalue weighted by Crippen LogP contribution is -2.34. The van der Waals surface area contributed by atoms with E-state index in [1.165, 1.54) is 17.5 Å². The van der Waals surface area contributed by atoms with Crippen LogP contribution in [0.3, 0.4) is 0 Å². The summed E-state index contributed by atoms with van der Waals surface area (Å²) in [7, 11) is 0. The van der Waals surface area contributed by atoms with Crippen molar-refractivity contribution in [1.82, 2.24) is 0 Å². The molecule has 0 saturated heterocycles. The average molecular weight is 260 g/mol. The van der Waals surface area contributed by atoms with E-state index in [1.807, 2.05) is 6.07 Å². The molecule has 1 aromatic rings. The predicted octanol–water partition coefficient (Wildman–Crippen LogP) is 4.22. The molecular formula is C17H24O2. The summed E-state index contributed by atoms with van der Waals surface area (Å²) in [5.74, 6) is -1.20. The molecule has 0 bridgehead atoms. The third kappa shape index (κ3) is 2.41. The van der Waals surface area contributed by atoms with Crippen LogP contribution in [0.15, 0.2) is 18.2 Å². The predicted molar refractivity (Wildman–Crippen MR) is 77.8 cm³/mol. The number of hydrogen-bond donors (Lipinski definition) is 1. The molecule has 1 aliphatic carbocycles. The quantitative estimate of drug-likeness (QED) is 0.864. The highest BCUT2D eigenvalue weighted by atomic mass is 16.4. The maximum Gasteiger partial charge on any atom is 0.310 e. The van der Waals surface area contributed by atoms with Gasteiger partial charge in [-0.05, 0) is 47.3 Å². The van der Waals surface area contributed by atoms with E-state index >= 15 is 0 Å². The molecule has 0 aromatic heterocycles. The van der Waals surface area contributed by atoms with Gasteiger partial charge in [-0.1, -0.05) is 45.9 Å². The van der Waals surface area contributed by atoms with Gasteiger partial charge in [-0.25, -0.2) is 0 Å². The van der Waals surface area contributed by atoms with Crippen LogP contribution in [0.25, 0.3) is 0 Å². The Labute approximate surface area is 115 Å². The van der Waals surface area contributed by atoms with Crippen molar-refractivity contribution in [1.29, 1.82) is 0 Å². The van der Waals surface area contributed by atoms with Gasteiger partial charge in [0.1, 0.15) is 0 Å². The molecule has 2 rings (SSSR count). The number of aliphatic carboxylic acids is 1. The minimum Gasteiger partial charge on any atom is -0.481 e. The maximum atomic E-state index is 11.2. The fourth-order valence-electron chi connectivity index (χ4n) is 3.02. The Balaban J connectivity index is 2.56. The zero-order chi connectivity index (χ0) is 14.4. The van der Waals surface area contributed by atoms with E-state index in [4.69, 9.17) is 0 Å². The first-order valence-electron chi connectivity index (χ1n) is 7.03. The van der Waals surface area contributed by atoms with Crippen LogP contribution in [0, 0.1) is 0 Å². The molecule has 1 N–H and O–H groups in total. The van der Waals surface area contributed by atoms with Gasteiger partial charge in [-0.2, -0.15) is 0 Å². The fraction of sp³-hybridized carbons (Fsp3) is 0.588. The number of carboxylic acids is 1. The minimum absolute atomic E-state index is 0.138. The lowest BCUT2D eigenvalue weighted by molar-refractivity contribution is -0.138. The van der Waals surface area contributed by atoms with E-state index in [0.29, 0.717) is 0 Å². The Bertz CT molecular complexity index is 512. The molecule has 0 heterocycles. The van der Waals surface area contributed by atoms with Crippen LogP contribution in [0.1, 0.15) is 70.1 Å². The third-order valence-corrected chi connectivity index (χ3v) is 4.75. The molecular weight excluding hydrogens is 236 g/mol. The Morgan fingerprint density at radius 2 is 1.63 bits per heavy atom. The Morgan fingerprint density at radius 1 is 1.11 bits per heavy atom. The first-order valence-corrected chi connectivity index (χ1v) is 7.03. The van der Waals surface area contributed by atoms with Gasteiger partial charge < -0.3 is 5.11 Å². The average Bonchev–Trinajstić information content (AvgIpc) is 2.33. The minimum atomic E-state index is -0.757. The lowest BCUT2D eigenvalue weighted by Gasteiger charge is -2.42. The highest BCUT2D eigenvalue weighted by Gasteiger charge is 2.37. The van der Waals surface area contributed by atoms with Crippen molar-refractivity contribution in [2.24, 2.45) is 0 Å². The van der Waals surface area contributed by atoms with E-state index in [0.717, 1.165) is 12.0 Å². The monoisotopic (exact) mass is 260 g/mol. The summed E-state index contributed by atoms with van der Waals surface area (Å²) in [6.45, 7) is 10.8. The summed E-state index contributed by atoms with van der Waals surface area (Å²) in [5.41, 5.74) is 3.95. The first-order chi connectivity index (χ1) is 8.65. The van der Waals surface area contributed by atoms with Gasteiger partial charge in [0.25, 0.3) is 0 Å². The largest absolute Gasteiger partial charge is 0.481 e. The molecule has 19 heavy (non-hydrogen) atoms. The second-order valence-corrected chi connectivity index (χ2v) is 7.13. The van der Waals surface area contributed by atoms with Crippen molar-refractivity contribution in [3.8, 4) is 0 Å². The molecule has 0 saturated carbocycles. The van der Waals surface area contributed by atoms with E-state index in [9.17, 15) is 9.90 Å². The summed E-state index contributed by atoms with van der Waals surface area (Å²) in [4.78, 5) is 11.2. The van der Waals surface area contributed by atoms with E-state index in [2.05, 4.69) is 39.8 Å². The van der Waals surface area contributed by atoms with Gasteiger partial charge in [-0.3, -0.25) is 4.79 Å². The normalized spacial score (nSPS) is 21.5. The van der Waals surface area contributed by atoms with Gasteiger partial charge in [0.05, 0.1) is 5.92 Å². The molecule has 2 nitrogen and oxygen atoms in total. The van der Waals surface area contributed by atoms with Crippen LogP contribution in [0.4, 0.5) is 0 Å². The summed E-state index contributed by atoms with van der Waals surface area (Å²) >= 11 is 0. The van der Waals surface area contributed by atoms with E-state index < -0.39 is 11.9 Å². The SMILES string of the molecule is C[C@@H](C(=O)O)c1ccc2c(c1)C(C)(C)CCC2(C)C. The molecule has 1 aromatic carbocycles. The highest BCUT2D eigenvalue weighted by Crippen LogP contribution is 2.46. The Morgan fingerprint density at radius 3 is 2.16 bits per heavy atom. The standard InChI is InChI=1S/C17H24O2/c1-11(15(18)19)12-6-7-13-14(10-12)17(4,5)9-8-16(13,2)3/h6-7,10-11H,8-9H2,1-5H3,(H,18,19)/t11-/m1/s1.